The van der Waals surface area contributed by atoms with Gasteiger partial charge in [0.1, 0.15) is 0 Å². The van der Waals surface area contributed by atoms with Crippen molar-refractivity contribution in [2.45, 2.75) is 29.7 Å². The first kappa shape index (κ1) is 14.6. The highest BCUT2D eigenvalue weighted by molar-refractivity contribution is 9.10. The van der Waals surface area contributed by atoms with Gasteiger partial charge in [-0.2, -0.15) is 0 Å². The van der Waals surface area contributed by atoms with Crippen LogP contribution in [-0.2, 0) is 0 Å². The Morgan fingerprint density at radius 3 is 2.47 bits per heavy atom. The number of hydrogen-bond donors (Lipinski definition) is 1. The van der Waals surface area contributed by atoms with E-state index in [0.717, 1.165) is 11.0 Å². The summed E-state index contributed by atoms with van der Waals surface area (Å²) in [6.45, 7) is 5.34. The van der Waals surface area contributed by atoms with E-state index in [1.807, 2.05) is 11.8 Å². The second-order valence-electron chi connectivity index (χ2n) is 4.37. The van der Waals surface area contributed by atoms with Crippen LogP contribution in [0, 0.1) is 0 Å². The Balaban J connectivity index is 2.22. The maximum absolute atomic E-state index is 3.48. The molecule has 19 heavy (non-hydrogen) atoms. The molecule has 2 rings (SSSR count). The first-order valence-corrected chi connectivity index (χ1v) is 8.07. The van der Waals surface area contributed by atoms with Crippen molar-refractivity contribution in [3.8, 4) is 0 Å². The quantitative estimate of drug-likeness (QED) is 0.798. The van der Waals surface area contributed by atoms with E-state index in [1.54, 1.807) is 0 Å². The lowest BCUT2D eigenvalue weighted by atomic mass is 10.1. The molecule has 0 saturated heterocycles. The zero-order chi connectivity index (χ0) is 13.7. The van der Waals surface area contributed by atoms with Crippen LogP contribution in [0.5, 0.6) is 0 Å². The van der Waals surface area contributed by atoms with Crippen LogP contribution in [-0.4, -0.2) is 6.54 Å². The summed E-state index contributed by atoms with van der Waals surface area (Å²) in [7, 11) is 0. The van der Waals surface area contributed by atoms with Crippen LogP contribution in [0.2, 0.25) is 0 Å². The van der Waals surface area contributed by atoms with Crippen LogP contribution >= 0.6 is 27.7 Å². The van der Waals surface area contributed by atoms with Gasteiger partial charge in [-0.1, -0.05) is 52.8 Å². The normalized spacial score (nSPS) is 12.4. The molecule has 1 unspecified atom stereocenters. The number of rotatable bonds is 5. The molecule has 0 heterocycles. The number of halogens is 1. The van der Waals surface area contributed by atoms with Gasteiger partial charge in [0.25, 0.3) is 0 Å². The highest BCUT2D eigenvalue weighted by atomic mass is 79.9. The summed E-state index contributed by atoms with van der Waals surface area (Å²) < 4.78 is 1.12. The lowest BCUT2D eigenvalue weighted by Gasteiger charge is -2.16. The topological polar surface area (TPSA) is 12.0 Å². The summed E-state index contributed by atoms with van der Waals surface area (Å²) in [4.78, 5) is 2.58. The van der Waals surface area contributed by atoms with E-state index in [-0.39, 0.29) is 0 Å². The molecule has 0 amide bonds. The van der Waals surface area contributed by atoms with E-state index in [0.29, 0.717) is 6.04 Å². The first-order chi connectivity index (χ1) is 9.20. The number of benzene rings is 2. The minimum absolute atomic E-state index is 0.379. The summed E-state index contributed by atoms with van der Waals surface area (Å²) in [5.74, 6) is 0. The van der Waals surface area contributed by atoms with Crippen LogP contribution in [0.1, 0.15) is 25.5 Å². The van der Waals surface area contributed by atoms with Crippen LogP contribution in [0.4, 0.5) is 0 Å². The molecule has 0 aromatic heterocycles. The van der Waals surface area contributed by atoms with Gasteiger partial charge in [-0.05, 0) is 49.4 Å². The minimum Gasteiger partial charge on any atom is -0.310 e. The van der Waals surface area contributed by atoms with E-state index in [4.69, 9.17) is 0 Å². The Kier molecular flexibility index (Phi) is 5.49. The lowest BCUT2D eigenvalue weighted by molar-refractivity contribution is 0.590. The Labute approximate surface area is 127 Å². The molecule has 1 nitrogen and oxygen atoms in total. The molecule has 0 saturated carbocycles. The molecule has 1 N–H and O–H groups in total. The maximum Gasteiger partial charge on any atom is 0.0302 e. The SMILES string of the molecule is CCNC(C)c1ccccc1Sc1ccc(Br)cc1. The van der Waals surface area contributed by atoms with Gasteiger partial charge in [-0.25, -0.2) is 0 Å². The molecule has 1 atom stereocenters. The summed E-state index contributed by atoms with van der Waals surface area (Å²) in [5, 5.41) is 3.48. The third kappa shape index (κ3) is 4.10. The van der Waals surface area contributed by atoms with Gasteiger partial charge in [0, 0.05) is 20.3 Å². The fourth-order valence-corrected chi connectivity index (χ4v) is 3.28. The van der Waals surface area contributed by atoms with Crippen molar-refractivity contribution < 1.29 is 0 Å². The van der Waals surface area contributed by atoms with E-state index < -0.39 is 0 Å². The fourth-order valence-electron chi connectivity index (χ4n) is 1.98. The molecule has 100 valence electrons. The molecule has 2 aromatic carbocycles. The Morgan fingerprint density at radius 1 is 1.11 bits per heavy atom. The van der Waals surface area contributed by atoms with Crippen molar-refractivity contribution in [2.75, 3.05) is 6.54 Å². The van der Waals surface area contributed by atoms with Gasteiger partial charge in [-0.3, -0.25) is 0 Å². The molecule has 2 aromatic rings. The Hall–Kier alpha value is -0.770. The molecule has 0 bridgehead atoms. The molecule has 0 aliphatic rings. The highest BCUT2D eigenvalue weighted by Crippen LogP contribution is 2.33. The van der Waals surface area contributed by atoms with Gasteiger partial charge in [0.2, 0.25) is 0 Å². The summed E-state index contributed by atoms with van der Waals surface area (Å²) in [6, 6.07) is 17.4. The van der Waals surface area contributed by atoms with Crippen molar-refractivity contribution in [3.05, 3.63) is 58.6 Å². The monoisotopic (exact) mass is 335 g/mol. The van der Waals surface area contributed by atoms with Crippen LogP contribution in [0.15, 0.2) is 62.8 Å². The molecule has 0 aliphatic heterocycles. The average Bonchev–Trinajstić information content (AvgIpc) is 2.42. The molecular weight excluding hydrogens is 318 g/mol. The van der Waals surface area contributed by atoms with Crippen molar-refractivity contribution in [3.63, 3.8) is 0 Å². The molecule has 3 heteroatoms. The minimum atomic E-state index is 0.379. The standard InChI is InChI=1S/C16H18BrNS/c1-3-18-12(2)15-6-4-5-7-16(15)19-14-10-8-13(17)9-11-14/h4-12,18H,3H2,1-2H3. The predicted molar refractivity (Wildman–Crippen MR) is 86.8 cm³/mol. The highest BCUT2D eigenvalue weighted by Gasteiger charge is 2.09. The van der Waals surface area contributed by atoms with Crippen LogP contribution in [0.25, 0.3) is 0 Å². The van der Waals surface area contributed by atoms with E-state index in [1.165, 1.54) is 15.4 Å². The molecular formula is C16H18BrNS. The van der Waals surface area contributed by atoms with Crippen molar-refractivity contribution in [1.82, 2.24) is 5.32 Å². The zero-order valence-electron chi connectivity index (χ0n) is 11.2. The maximum atomic E-state index is 3.48. The average molecular weight is 336 g/mol. The summed E-state index contributed by atoms with van der Waals surface area (Å²) in [6.07, 6.45) is 0. The number of hydrogen-bond acceptors (Lipinski definition) is 2. The van der Waals surface area contributed by atoms with Gasteiger partial charge < -0.3 is 5.32 Å². The summed E-state index contributed by atoms with van der Waals surface area (Å²) in [5.41, 5.74) is 1.36. The second kappa shape index (κ2) is 7.13. The predicted octanol–water partition coefficient (Wildman–Crippen LogP) is 5.27. The van der Waals surface area contributed by atoms with Gasteiger partial charge in [0.05, 0.1) is 0 Å². The third-order valence-electron chi connectivity index (χ3n) is 2.94. The third-order valence-corrected chi connectivity index (χ3v) is 4.57. The summed E-state index contributed by atoms with van der Waals surface area (Å²) >= 11 is 5.29. The van der Waals surface area contributed by atoms with Crippen molar-refractivity contribution >= 4 is 27.7 Å². The van der Waals surface area contributed by atoms with Crippen molar-refractivity contribution in [1.29, 1.82) is 0 Å². The van der Waals surface area contributed by atoms with E-state index in [2.05, 4.69) is 83.6 Å². The molecule has 0 spiro atoms. The van der Waals surface area contributed by atoms with Gasteiger partial charge in [-0.15, -0.1) is 0 Å². The molecule has 0 radical (unpaired) electrons. The van der Waals surface area contributed by atoms with E-state index in [9.17, 15) is 0 Å². The lowest BCUT2D eigenvalue weighted by Crippen LogP contribution is -2.18. The number of nitrogens with one attached hydrogen (secondary N) is 1. The van der Waals surface area contributed by atoms with E-state index >= 15 is 0 Å². The Morgan fingerprint density at radius 2 is 1.79 bits per heavy atom. The smallest absolute Gasteiger partial charge is 0.0302 e. The van der Waals surface area contributed by atoms with Crippen molar-refractivity contribution in [2.24, 2.45) is 0 Å². The van der Waals surface area contributed by atoms with Crippen LogP contribution in [0.3, 0.4) is 0 Å². The molecule has 0 aliphatic carbocycles. The van der Waals surface area contributed by atoms with Crippen LogP contribution < -0.4 is 5.32 Å². The second-order valence-corrected chi connectivity index (χ2v) is 6.40. The van der Waals surface area contributed by atoms with Gasteiger partial charge in [0.15, 0.2) is 0 Å². The largest absolute Gasteiger partial charge is 0.310 e. The van der Waals surface area contributed by atoms with Gasteiger partial charge >= 0.3 is 0 Å². The molecule has 0 fully saturated rings. The Bertz CT molecular complexity index is 525. The zero-order valence-corrected chi connectivity index (χ0v) is 13.6. The fraction of sp³-hybridized carbons (Fsp3) is 0.250. The first-order valence-electron chi connectivity index (χ1n) is 6.46.